The number of hydrogen-bond donors (Lipinski definition) is 1. The summed E-state index contributed by atoms with van der Waals surface area (Å²) in [6, 6.07) is 10.8. The maximum Gasteiger partial charge on any atom is 0.0540 e. The highest BCUT2D eigenvalue weighted by atomic mass is 16.3. The molecule has 1 aromatic rings. The molecule has 0 aromatic heterocycles. The quantitative estimate of drug-likeness (QED) is 0.866. The summed E-state index contributed by atoms with van der Waals surface area (Å²) >= 11 is 0. The smallest absolute Gasteiger partial charge is 0.0540 e. The summed E-state index contributed by atoms with van der Waals surface area (Å²) in [5, 5.41) is 9.64. The van der Waals surface area contributed by atoms with Crippen LogP contribution in [0.5, 0.6) is 0 Å². The van der Waals surface area contributed by atoms with E-state index in [1.807, 2.05) is 0 Å². The van der Waals surface area contributed by atoms with Crippen LogP contribution in [0.15, 0.2) is 30.3 Å². The highest BCUT2D eigenvalue weighted by Gasteiger charge is 2.40. The van der Waals surface area contributed by atoms with Gasteiger partial charge in [0.2, 0.25) is 0 Å². The molecule has 0 amide bonds. The van der Waals surface area contributed by atoms with Crippen molar-refractivity contribution in [1.82, 2.24) is 4.90 Å². The second-order valence-corrected chi connectivity index (χ2v) is 6.18. The molecular weight excluding hydrogens is 222 g/mol. The van der Waals surface area contributed by atoms with E-state index in [1.165, 1.54) is 37.9 Å². The molecule has 1 aliphatic carbocycles. The summed E-state index contributed by atoms with van der Waals surface area (Å²) < 4.78 is 0. The molecule has 2 fully saturated rings. The van der Waals surface area contributed by atoms with Crippen LogP contribution in [0.2, 0.25) is 0 Å². The molecule has 98 valence electrons. The highest BCUT2D eigenvalue weighted by Crippen LogP contribution is 2.44. The first-order chi connectivity index (χ1) is 8.76. The van der Waals surface area contributed by atoms with Crippen LogP contribution in [0.25, 0.3) is 0 Å². The Morgan fingerprint density at radius 2 is 1.83 bits per heavy atom. The van der Waals surface area contributed by atoms with Crippen LogP contribution in [0.1, 0.15) is 37.7 Å². The molecule has 1 heterocycles. The van der Waals surface area contributed by atoms with E-state index in [9.17, 15) is 5.11 Å². The van der Waals surface area contributed by atoms with Gasteiger partial charge in [0.25, 0.3) is 0 Å². The van der Waals surface area contributed by atoms with Gasteiger partial charge < -0.3 is 5.11 Å². The van der Waals surface area contributed by atoms with E-state index in [1.54, 1.807) is 0 Å². The second kappa shape index (κ2) is 5.02. The zero-order valence-corrected chi connectivity index (χ0v) is 11.0. The third-order valence-electron chi connectivity index (χ3n) is 4.78. The van der Waals surface area contributed by atoms with Crippen LogP contribution in [-0.2, 0) is 6.54 Å². The van der Waals surface area contributed by atoms with Gasteiger partial charge in [0.1, 0.15) is 0 Å². The lowest BCUT2D eigenvalue weighted by Crippen LogP contribution is -2.32. The summed E-state index contributed by atoms with van der Waals surface area (Å²) in [6.45, 7) is 3.55. The predicted molar refractivity (Wildman–Crippen MR) is 73.2 cm³/mol. The second-order valence-electron chi connectivity index (χ2n) is 6.18. The van der Waals surface area contributed by atoms with Gasteiger partial charge in [-0.1, -0.05) is 30.3 Å². The molecule has 1 saturated carbocycles. The van der Waals surface area contributed by atoms with Gasteiger partial charge in [0.15, 0.2) is 0 Å². The van der Waals surface area contributed by atoms with Crippen LogP contribution in [-0.4, -0.2) is 29.2 Å². The minimum Gasteiger partial charge on any atom is -0.393 e. The van der Waals surface area contributed by atoms with Crippen LogP contribution in [0.3, 0.4) is 0 Å². The molecule has 2 nitrogen and oxygen atoms in total. The topological polar surface area (TPSA) is 23.5 Å². The molecule has 1 saturated heterocycles. The molecule has 0 unspecified atom stereocenters. The molecule has 3 rings (SSSR count). The summed E-state index contributed by atoms with van der Waals surface area (Å²) in [4.78, 5) is 2.59. The first-order valence-electron chi connectivity index (χ1n) is 7.20. The Kier molecular flexibility index (Phi) is 3.40. The van der Waals surface area contributed by atoms with E-state index >= 15 is 0 Å². The van der Waals surface area contributed by atoms with Crippen molar-refractivity contribution in [2.45, 2.75) is 44.8 Å². The van der Waals surface area contributed by atoms with Crippen molar-refractivity contribution >= 4 is 0 Å². The number of likely N-dealkylation sites (tertiary alicyclic amines) is 1. The Morgan fingerprint density at radius 3 is 2.56 bits per heavy atom. The molecular formula is C16H23NO. The maximum absolute atomic E-state index is 9.64. The van der Waals surface area contributed by atoms with Crippen molar-refractivity contribution in [3.63, 3.8) is 0 Å². The van der Waals surface area contributed by atoms with E-state index in [2.05, 4.69) is 35.2 Å². The van der Waals surface area contributed by atoms with E-state index < -0.39 is 0 Å². The lowest BCUT2D eigenvalue weighted by Gasteiger charge is -2.35. The predicted octanol–water partition coefficient (Wildman–Crippen LogP) is 2.81. The van der Waals surface area contributed by atoms with Crippen LogP contribution in [0.4, 0.5) is 0 Å². The molecule has 1 aromatic carbocycles. The largest absolute Gasteiger partial charge is 0.393 e. The minimum atomic E-state index is -0.0289. The lowest BCUT2D eigenvalue weighted by atomic mass is 9.73. The molecule has 1 aliphatic heterocycles. The first kappa shape index (κ1) is 12.2. The third kappa shape index (κ3) is 2.60. The first-order valence-corrected chi connectivity index (χ1v) is 7.20. The number of nitrogens with zero attached hydrogens (tertiary/aromatic N) is 1. The van der Waals surface area contributed by atoms with Gasteiger partial charge in [-0.2, -0.15) is 0 Å². The lowest BCUT2D eigenvalue weighted by molar-refractivity contribution is 0.0657. The van der Waals surface area contributed by atoms with Crippen molar-refractivity contribution in [3.05, 3.63) is 35.9 Å². The van der Waals surface area contributed by atoms with Crippen LogP contribution < -0.4 is 0 Å². The average Bonchev–Trinajstić information content (AvgIpc) is 2.78. The van der Waals surface area contributed by atoms with Gasteiger partial charge in [-0.15, -0.1) is 0 Å². The Bertz CT molecular complexity index is 381. The zero-order chi connectivity index (χ0) is 12.4. The fourth-order valence-corrected chi connectivity index (χ4v) is 3.63. The SMILES string of the molecule is OC1CCC2(CC1)CCN(Cc1ccccc1)C2. The van der Waals surface area contributed by atoms with Gasteiger partial charge in [-0.3, -0.25) is 4.90 Å². The molecule has 1 spiro atoms. The van der Waals surface area contributed by atoms with Crippen molar-refractivity contribution < 1.29 is 5.11 Å². The van der Waals surface area contributed by atoms with E-state index in [0.717, 1.165) is 19.4 Å². The molecule has 18 heavy (non-hydrogen) atoms. The maximum atomic E-state index is 9.64. The average molecular weight is 245 g/mol. The Hall–Kier alpha value is -0.860. The standard InChI is InChI=1S/C16H23NO/c18-15-6-8-16(9-7-15)10-11-17(13-16)12-14-4-2-1-3-5-14/h1-5,15,18H,6-13H2. The number of aliphatic hydroxyl groups excluding tert-OH is 1. The molecule has 0 radical (unpaired) electrons. The summed E-state index contributed by atoms with van der Waals surface area (Å²) in [7, 11) is 0. The van der Waals surface area contributed by atoms with Crippen molar-refractivity contribution in [1.29, 1.82) is 0 Å². The molecule has 0 atom stereocenters. The van der Waals surface area contributed by atoms with Crippen LogP contribution >= 0.6 is 0 Å². The van der Waals surface area contributed by atoms with E-state index in [-0.39, 0.29) is 6.10 Å². The Morgan fingerprint density at radius 1 is 1.11 bits per heavy atom. The zero-order valence-electron chi connectivity index (χ0n) is 11.0. The number of rotatable bonds is 2. The fraction of sp³-hybridized carbons (Fsp3) is 0.625. The number of benzene rings is 1. The highest BCUT2D eigenvalue weighted by molar-refractivity contribution is 5.14. The fourth-order valence-electron chi connectivity index (χ4n) is 3.63. The number of aliphatic hydroxyl groups is 1. The van der Waals surface area contributed by atoms with Crippen molar-refractivity contribution in [3.8, 4) is 0 Å². The molecule has 0 bridgehead atoms. The summed E-state index contributed by atoms with van der Waals surface area (Å²) in [5.41, 5.74) is 1.94. The minimum absolute atomic E-state index is 0.0289. The molecule has 2 aliphatic rings. The Balaban J connectivity index is 1.58. The van der Waals surface area contributed by atoms with E-state index in [4.69, 9.17) is 0 Å². The Labute approximate surface area is 110 Å². The summed E-state index contributed by atoms with van der Waals surface area (Å²) in [5.74, 6) is 0. The van der Waals surface area contributed by atoms with Gasteiger partial charge >= 0.3 is 0 Å². The normalized spacial score (nSPS) is 33.1. The molecule has 2 heteroatoms. The van der Waals surface area contributed by atoms with Crippen molar-refractivity contribution in [2.24, 2.45) is 5.41 Å². The summed E-state index contributed by atoms with van der Waals surface area (Å²) in [6.07, 6.45) is 5.77. The third-order valence-corrected chi connectivity index (χ3v) is 4.78. The molecule has 1 N–H and O–H groups in total. The van der Waals surface area contributed by atoms with Crippen molar-refractivity contribution in [2.75, 3.05) is 13.1 Å². The number of hydrogen-bond acceptors (Lipinski definition) is 2. The monoisotopic (exact) mass is 245 g/mol. The van der Waals surface area contributed by atoms with E-state index in [0.29, 0.717) is 5.41 Å². The van der Waals surface area contributed by atoms with Crippen LogP contribution in [0, 0.1) is 5.41 Å². The van der Waals surface area contributed by atoms with Gasteiger partial charge in [0, 0.05) is 13.1 Å². The van der Waals surface area contributed by atoms with Gasteiger partial charge in [0.05, 0.1) is 6.10 Å². The van der Waals surface area contributed by atoms with Gasteiger partial charge in [-0.05, 0) is 49.6 Å². The van der Waals surface area contributed by atoms with Gasteiger partial charge in [-0.25, -0.2) is 0 Å².